The molecule has 1 aromatic heterocycles. The minimum absolute atomic E-state index is 0.618. The average molecular weight is 289 g/mol. The fraction of sp³-hybridized carbons (Fsp3) is 0.533. The highest BCUT2D eigenvalue weighted by molar-refractivity contribution is 5.77. The molecule has 2 aromatic rings. The molecule has 6 nitrogen and oxygen atoms in total. The first-order valence-electron chi connectivity index (χ1n) is 7.32. The lowest BCUT2D eigenvalue weighted by Gasteiger charge is -2.11. The maximum absolute atomic E-state index is 6.06. The first-order valence-corrected chi connectivity index (χ1v) is 7.32. The fourth-order valence-electron chi connectivity index (χ4n) is 2.31. The smallest absolute Gasteiger partial charge is 0.187 e. The molecule has 6 heteroatoms. The number of benzene rings is 1. The third kappa shape index (κ3) is 3.71. The number of tetrazole rings is 1. The van der Waals surface area contributed by atoms with Gasteiger partial charge >= 0.3 is 0 Å². The second-order valence-electron chi connectivity index (χ2n) is 5.54. The number of methoxy groups -OCH3 is 1. The van der Waals surface area contributed by atoms with Crippen LogP contribution in [0.2, 0.25) is 0 Å². The third-order valence-electron chi connectivity index (χ3n) is 3.44. The van der Waals surface area contributed by atoms with Gasteiger partial charge in [-0.25, -0.2) is 4.68 Å². The predicted molar refractivity (Wildman–Crippen MR) is 82.9 cm³/mol. The average Bonchev–Trinajstić information content (AvgIpc) is 2.91. The zero-order valence-electron chi connectivity index (χ0n) is 12.9. The van der Waals surface area contributed by atoms with Gasteiger partial charge in [-0.1, -0.05) is 32.8 Å². The van der Waals surface area contributed by atoms with Gasteiger partial charge in [0.05, 0.1) is 12.7 Å². The summed E-state index contributed by atoms with van der Waals surface area (Å²) in [4.78, 5) is 0. The molecule has 2 N–H and O–H groups in total. The Morgan fingerprint density at radius 3 is 2.81 bits per heavy atom. The summed E-state index contributed by atoms with van der Waals surface area (Å²) in [5.74, 6) is 2.07. The van der Waals surface area contributed by atoms with Gasteiger partial charge in [0.15, 0.2) is 5.82 Å². The number of nitrogen functional groups attached to an aromatic ring is 1. The summed E-state index contributed by atoms with van der Waals surface area (Å²) in [6.45, 7) is 5.25. The number of hydrogen-bond donors (Lipinski definition) is 1. The van der Waals surface area contributed by atoms with Crippen molar-refractivity contribution in [1.29, 1.82) is 0 Å². The maximum atomic E-state index is 6.06. The number of hydrogen-bond acceptors (Lipinski definition) is 5. The van der Waals surface area contributed by atoms with Crippen LogP contribution in [0.5, 0.6) is 5.75 Å². The van der Waals surface area contributed by atoms with Crippen molar-refractivity contribution in [1.82, 2.24) is 20.2 Å². The number of anilines is 1. The quantitative estimate of drug-likeness (QED) is 0.626. The van der Waals surface area contributed by atoms with Crippen molar-refractivity contribution >= 4 is 5.69 Å². The molecule has 0 saturated heterocycles. The standard InChI is InChI=1S/C15H23N5O/c1-11(2)7-4-5-10-20-15(17-18-19-20)14-12(16)8-6-9-13(14)21-3/h6,8-9,11H,4-5,7,10,16H2,1-3H3. The Balaban J connectivity index is 2.17. The molecule has 2 rings (SSSR count). The van der Waals surface area contributed by atoms with Crippen molar-refractivity contribution in [2.24, 2.45) is 5.92 Å². The van der Waals surface area contributed by atoms with E-state index in [0.29, 0.717) is 17.3 Å². The van der Waals surface area contributed by atoms with E-state index in [9.17, 15) is 0 Å². The number of nitrogens with zero attached hydrogens (tertiary/aromatic N) is 4. The molecule has 0 spiro atoms. The Morgan fingerprint density at radius 1 is 1.29 bits per heavy atom. The van der Waals surface area contributed by atoms with Gasteiger partial charge < -0.3 is 10.5 Å². The third-order valence-corrected chi connectivity index (χ3v) is 3.44. The van der Waals surface area contributed by atoms with E-state index in [1.807, 2.05) is 18.2 Å². The summed E-state index contributed by atoms with van der Waals surface area (Å²) in [7, 11) is 1.62. The molecule has 1 heterocycles. The van der Waals surface area contributed by atoms with E-state index < -0.39 is 0 Å². The Bertz CT molecular complexity index is 579. The number of unbranched alkanes of at least 4 members (excludes halogenated alkanes) is 1. The number of ether oxygens (including phenoxy) is 1. The summed E-state index contributed by atoms with van der Waals surface area (Å²) in [6.07, 6.45) is 3.43. The molecule has 1 aromatic carbocycles. The lowest BCUT2D eigenvalue weighted by Crippen LogP contribution is -2.06. The van der Waals surface area contributed by atoms with Crippen molar-refractivity contribution < 1.29 is 4.74 Å². The van der Waals surface area contributed by atoms with Crippen molar-refractivity contribution in [2.75, 3.05) is 12.8 Å². The molecule has 0 bridgehead atoms. The van der Waals surface area contributed by atoms with Crippen LogP contribution in [-0.2, 0) is 6.54 Å². The molecule has 21 heavy (non-hydrogen) atoms. The van der Waals surface area contributed by atoms with Crippen molar-refractivity contribution in [3.8, 4) is 17.1 Å². The summed E-state index contributed by atoms with van der Waals surface area (Å²) < 4.78 is 7.17. The van der Waals surface area contributed by atoms with Gasteiger partial charge in [-0.05, 0) is 34.9 Å². The highest BCUT2D eigenvalue weighted by Crippen LogP contribution is 2.33. The maximum Gasteiger partial charge on any atom is 0.187 e. The van der Waals surface area contributed by atoms with Gasteiger partial charge in [0, 0.05) is 12.2 Å². The molecule has 0 aliphatic carbocycles. The van der Waals surface area contributed by atoms with Crippen molar-refractivity contribution in [3.05, 3.63) is 18.2 Å². The van der Waals surface area contributed by atoms with Crippen LogP contribution in [0, 0.1) is 5.92 Å². The van der Waals surface area contributed by atoms with E-state index >= 15 is 0 Å². The molecule has 0 amide bonds. The molecule has 0 aliphatic heterocycles. The van der Waals surface area contributed by atoms with Gasteiger partial charge in [0.2, 0.25) is 0 Å². The number of nitrogens with two attached hydrogens (primary N) is 1. The van der Waals surface area contributed by atoms with E-state index in [-0.39, 0.29) is 0 Å². The number of aryl methyl sites for hydroxylation is 1. The molecular weight excluding hydrogens is 266 g/mol. The van der Waals surface area contributed by atoms with Crippen LogP contribution in [0.25, 0.3) is 11.4 Å². The van der Waals surface area contributed by atoms with E-state index in [1.165, 1.54) is 12.8 Å². The lowest BCUT2D eigenvalue weighted by atomic mass is 10.1. The monoisotopic (exact) mass is 289 g/mol. The highest BCUT2D eigenvalue weighted by Gasteiger charge is 2.16. The van der Waals surface area contributed by atoms with Crippen molar-refractivity contribution in [2.45, 2.75) is 39.7 Å². The molecule has 0 fully saturated rings. The molecule has 0 atom stereocenters. The predicted octanol–water partition coefficient (Wildman–Crippen LogP) is 2.76. The molecule has 0 unspecified atom stereocenters. The normalized spacial score (nSPS) is 11.0. The van der Waals surface area contributed by atoms with E-state index in [2.05, 4.69) is 29.4 Å². The molecule has 0 aliphatic rings. The summed E-state index contributed by atoms with van der Waals surface area (Å²) in [6, 6.07) is 5.55. The topological polar surface area (TPSA) is 78.8 Å². The molecule has 114 valence electrons. The minimum atomic E-state index is 0.618. The van der Waals surface area contributed by atoms with Crippen LogP contribution >= 0.6 is 0 Å². The molecular formula is C15H23N5O. The summed E-state index contributed by atoms with van der Waals surface area (Å²) in [5, 5.41) is 12.0. The number of rotatable bonds is 7. The Labute approximate surface area is 125 Å². The zero-order valence-corrected chi connectivity index (χ0v) is 12.9. The van der Waals surface area contributed by atoms with Crippen molar-refractivity contribution in [3.63, 3.8) is 0 Å². The van der Waals surface area contributed by atoms with Gasteiger partial charge in [0.1, 0.15) is 5.75 Å². The second-order valence-corrected chi connectivity index (χ2v) is 5.54. The Morgan fingerprint density at radius 2 is 2.10 bits per heavy atom. The first kappa shape index (κ1) is 15.3. The van der Waals surface area contributed by atoms with Crippen LogP contribution < -0.4 is 10.5 Å². The van der Waals surface area contributed by atoms with E-state index in [4.69, 9.17) is 10.5 Å². The van der Waals surface area contributed by atoms with Crippen LogP contribution in [0.15, 0.2) is 18.2 Å². The van der Waals surface area contributed by atoms with Crippen LogP contribution in [0.1, 0.15) is 33.1 Å². The van der Waals surface area contributed by atoms with Crippen LogP contribution in [0.3, 0.4) is 0 Å². The summed E-state index contributed by atoms with van der Waals surface area (Å²) in [5.41, 5.74) is 7.44. The van der Waals surface area contributed by atoms with E-state index in [1.54, 1.807) is 11.8 Å². The van der Waals surface area contributed by atoms with E-state index in [0.717, 1.165) is 24.4 Å². The zero-order chi connectivity index (χ0) is 15.2. The van der Waals surface area contributed by atoms with Crippen LogP contribution in [0.4, 0.5) is 5.69 Å². The second kappa shape index (κ2) is 7.06. The van der Waals surface area contributed by atoms with Crippen LogP contribution in [-0.4, -0.2) is 27.3 Å². The first-order chi connectivity index (χ1) is 10.1. The van der Waals surface area contributed by atoms with Gasteiger partial charge in [-0.3, -0.25) is 0 Å². The molecule has 0 saturated carbocycles. The van der Waals surface area contributed by atoms with Gasteiger partial charge in [0.25, 0.3) is 0 Å². The molecule has 0 radical (unpaired) electrons. The Hall–Kier alpha value is -2.11. The fourth-order valence-corrected chi connectivity index (χ4v) is 2.31. The minimum Gasteiger partial charge on any atom is -0.496 e. The van der Waals surface area contributed by atoms with Gasteiger partial charge in [-0.15, -0.1) is 5.10 Å². The summed E-state index contributed by atoms with van der Waals surface area (Å²) >= 11 is 0. The Kier molecular flexibility index (Phi) is 5.14. The highest BCUT2D eigenvalue weighted by atomic mass is 16.5. The SMILES string of the molecule is COc1cccc(N)c1-c1nnnn1CCCCC(C)C. The number of aromatic nitrogens is 4. The largest absolute Gasteiger partial charge is 0.496 e. The lowest BCUT2D eigenvalue weighted by molar-refractivity contribution is 0.415. The van der Waals surface area contributed by atoms with Gasteiger partial charge in [-0.2, -0.15) is 0 Å².